The van der Waals surface area contributed by atoms with E-state index in [0.29, 0.717) is 24.7 Å². The molecular weight excluding hydrogens is 389 g/mol. The van der Waals surface area contributed by atoms with E-state index in [4.69, 9.17) is 21.2 Å². The molecular formula is C15H17Cl2N3O4S. The van der Waals surface area contributed by atoms with Crippen LogP contribution < -0.4 is 10.5 Å². The number of hydrogen-bond donors (Lipinski definition) is 2. The van der Waals surface area contributed by atoms with E-state index in [1.165, 1.54) is 12.1 Å². The molecule has 3 N–H and O–H groups in total. The third kappa shape index (κ3) is 4.16. The van der Waals surface area contributed by atoms with E-state index in [-0.39, 0.29) is 24.2 Å². The van der Waals surface area contributed by atoms with Crippen LogP contribution in [-0.4, -0.2) is 38.9 Å². The number of amides is 1. The van der Waals surface area contributed by atoms with E-state index in [1.54, 1.807) is 11.0 Å². The lowest BCUT2D eigenvalue weighted by Gasteiger charge is -2.36. The minimum atomic E-state index is -3.99. The molecule has 1 aromatic carbocycles. The first-order valence-electron chi connectivity index (χ1n) is 7.26. The maximum Gasteiger partial charge on any atom is 0.290 e. The zero-order valence-electron chi connectivity index (χ0n) is 13.0. The number of nitrogens with zero attached hydrogens (tertiary/aromatic N) is 1. The standard InChI is InChI=1S/C15H16ClN3O4S.ClH/c16-11-4-2-1-3-10(11)12-9-18-7-8-19(12)15(20)13-5-6-14(23-13)24(17,21)22;/h1-6,12,18H,7-9H2,(H2,17,21,22);1H. The zero-order valence-corrected chi connectivity index (χ0v) is 15.4. The van der Waals surface area contributed by atoms with Gasteiger partial charge in [0.15, 0.2) is 5.76 Å². The summed E-state index contributed by atoms with van der Waals surface area (Å²) in [5.41, 5.74) is 0.818. The topological polar surface area (TPSA) is 106 Å². The Hall–Kier alpha value is -1.58. The van der Waals surface area contributed by atoms with Gasteiger partial charge in [-0.3, -0.25) is 4.79 Å². The van der Waals surface area contributed by atoms with Gasteiger partial charge in [0, 0.05) is 24.7 Å². The summed E-state index contributed by atoms with van der Waals surface area (Å²) in [4.78, 5) is 14.4. The number of carbonyl (C=O) groups is 1. The highest BCUT2D eigenvalue weighted by Gasteiger charge is 2.31. The lowest BCUT2D eigenvalue weighted by molar-refractivity contribution is 0.0596. The smallest absolute Gasteiger partial charge is 0.290 e. The molecule has 1 atom stereocenters. The molecule has 1 amide bonds. The summed E-state index contributed by atoms with van der Waals surface area (Å²) in [5.74, 6) is -0.478. The van der Waals surface area contributed by atoms with Crippen LogP contribution in [-0.2, 0) is 10.0 Å². The lowest BCUT2D eigenvalue weighted by atomic mass is 10.0. The van der Waals surface area contributed by atoms with Crippen molar-refractivity contribution in [3.63, 3.8) is 0 Å². The largest absolute Gasteiger partial charge is 0.438 e. The summed E-state index contributed by atoms with van der Waals surface area (Å²) in [6, 6.07) is 9.51. The number of primary sulfonamides is 1. The molecule has 1 aliphatic rings. The molecule has 0 saturated carbocycles. The van der Waals surface area contributed by atoms with Crippen molar-refractivity contribution in [1.29, 1.82) is 0 Å². The van der Waals surface area contributed by atoms with E-state index in [0.717, 1.165) is 5.56 Å². The van der Waals surface area contributed by atoms with Crippen molar-refractivity contribution in [2.75, 3.05) is 19.6 Å². The van der Waals surface area contributed by atoms with Gasteiger partial charge >= 0.3 is 0 Å². The number of benzene rings is 1. The molecule has 136 valence electrons. The molecule has 1 aliphatic heterocycles. The summed E-state index contributed by atoms with van der Waals surface area (Å²) in [7, 11) is -3.99. The quantitative estimate of drug-likeness (QED) is 0.809. The predicted molar refractivity (Wildman–Crippen MR) is 95.4 cm³/mol. The van der Waals surface area contributed by atoms with Crippen molar-refractivity contribution < 1.29 is 17.6 Å². The van der Waals surface area contributed by atoms with Gasteiger partial charge in [-0.05, 0) is 23.8 Å². The van der Waals surface area contributed by atoms with Crippen LogP contribution in [0.25, 0.3) is 0 Å². The van der Waals surface area contributed by atoms with Gasteiger partial charge < -0.3 is 14.6 Å². The van der Waals surface area contributed by atoms with E-state index >= 15 is 0 Å². The second kappa shape index (κ2) is 7.76. The number of furan rings is 1. The molecule has 1 aromatic heterocycles. The number of nitrogens with one attached hydrogen (secondary N) is 1. The number of hydrogen-bond acceptors (Lipinski definition) is 5. The Bertz CT molecular complexity index is 869. The second-order valence-electron chi connectivity index (χ2n) is 5.40. The summed E-state index contributed by atoms with van der Waals surface area (Å²) < 4.78 is 27.7. The van der Waals surface area contributed by atoms with Crippen molar-refractivity contribution in [1.82, 2.24) is 10.2 Å². The number of rotatable bonds is 3. The Labute approximate surface area is 156 Å². The predicted octanol–water partition coefficient (Wildman–Crippen LogP) is 1.79. The van der Waals surface area contributed by atoms with Crippen molar-refractivity contribution in [3.8, 4) is 0 Å². The first-order chi connectivity index (χ1) is 11.4. The summed E-state index contributed by atoms with van der Waals surface area (Å²) in [5, 5.41) is 8.37. The number of sulfonamides is 1. The van der Waals surface area contributed by atoms with Crippen LogP contribution in [0.5, 0.6) is 0 Å². The van der Waals surface area contributed by atoms with Crippen molar-refractivity contribution >= 4 is 39.9 Å². The highest BCUT2D eigenvalue weighted by atomic mass is 35.5. The van der Waals surface area contributed by atoms with Crippen LogP contribution in [0.2, 0.25) is 5.02 Å². The van der Waals surface area contributed by atoms with Gasteiger partial charge in [0.05, 0.1) is 6.04 Å². The van der Waals surface area contributed by atoms with Crippen molar-refractivity contribution in [2.45, 2.75) is 11.1 Å². The SMILES string of the molecule is Cl.NS(=O)(=O)c1ccc(C(=O)N2CCNCC2c2ccccc2Cl)o1. The van der Waals surface area contributed by atoms with Gasteiger partial charge in [0.2, 0.25) is 5.09 Å². The minimum Gasteiger partial charge on any atom is -0.438 e. The Kier molecular flexibility index (Phi) is 6.12. The molecule has 1 saturated heterocycles. The van der Waals surface area contributed by atoms with Gasteiger partial charge in [-0.15, -0.1) is 12.4 Å². The molecule has 0 bridgehead atoms. The molecule has 25 heavy (non-hydrogen) atoms. The molecule has 3 rings (SSSR count). The number of halogens is 2. The minimum absolute atomic E-state index is 0. The average Bonchev–Trinajstić information content (AvgIpc) is 3.05. The lowest BCUT2D eigenvalue weighted by Crippen LogP contribution is -2.48. The van der Waals surface area contributed by atoms with E-state index in [9.17, 15) is 13.2 Å². The monoisotopic (exact) mass is 405 g/mol. The Balaban J connectivity index is 0.00000225. The van der Waals surface area contributed by atoms with Crippen LogP contribution in [0.4, 0.5) is 0 Å². The van der Waals surface area contributed by atoms with E-state index in [1.807, 2.05) is 18.2 Å². The van der Waals surface area contributed by atoms with Gasteiger partial charge in [-0.25, -0.2) is 13.6 Å². The Morgan fingerprint density at radius 1 is 1.28 bits per heavy atom. The first-order valence-corrected chi connectivity index (χ1v) is 9.19. The molecule has 0 aliphatic carbocycles. The summed E-state index contributed by atoms with van der Waals surface area (Å²) in [6.07, 6.45) is 0. The van der Waals surface area contributed by atoms with E-state index in [2.05, 4.69) is 5.32 Å². The van der Waals surface area contributed by atoms with Crippen LogP contribution in [0.3, 0.4) is 0 Å². The molecule has 0 spiro atoms. The molecule has 2 heterocycles. The fraction of sp³-hybridized carbons (Fsp3) is 0.267. The maximum atomic E-state index is 12.8. The summed E-state index contributed by atoms with van der Waals surface area (Å²) in [6.45, 7) is 1.60. The molecule has 10 heteroatoms. The van der Waals surface area contributed by atoms with Crippen LogP contribution in [0, 0.1) is 0 Å². The molecule has 2 aromatic rings. The van der Waals surface area contributed by atoms with Gasteiger partial charge in [0.1, 0.15) is 0 Å². The Morgan fingerprint density at radius 3 is 2.64 bits per heavy atom. The molecule has 1 fully saturated rings. The fourth-order valence-electron chi connectivity index (χ4n) is 2.70. The highest BCUT2D eigenvalue weighted by Crippen LogP contribution is 2.30. The fourth-order valence-corrected chi connectivity index (χ4v) is 3.43. The second-order valence-corrected chi connectivity index (χ2v) is 7.30. The molecule has 0 radical (unpaired) electrons. The van der Waals surface area contributed by atoms with E-state index < -0.39 is 21.0 Å². The van der Waals surface area contributed by atoms with Gasteiger partial charge in [-0.1, -0.05) is 29.8 Å². The summed E-state index contributed by atoms with van der Waals surface area (Å²) >= 11 is 6.25. The van der Waals surface area contributed by atoms with Crippen LogP contribution in [0.1, 0.15) is 22.2 Å². The van der Waals surface area contributed by atoms with Crippen LogP contribution >= 0.6 is 24.0 Å². The van der Waals surface area contributed by atoms with Gasteiger partial charge in [0.25, 0.3) is 15.9 Å². The highest BCUT2D eigenvalue weighted by molar-refractivity contribution is 7.89. The number of carbonyl (C=O) groups excluding carboxylic acids is 1. The maximum absolute atomic E-state index is 12.8. The third-order valence-electron chi connectivity index (χ3n) is 3.84. The normalized spacial score (nSPS) is 17.8. The average molecular weight is 406 g/mol. The molecule has 7 nitrogen and oxygen atoms in total. The first kappa shape index (κ1) is 19.7. The van der Waals surface area contributed by atoms with Crippen molar-refractivity contribution in [3.05, 3.63) is 52.7 Å². The number of nitrogens with two attached hydrogens (primary N) is 1. The van der Waals surface area contributed by atoms with Crippen LogP contribution in [0.15, 0.2) is 45.9 Å². The number of piperazine rings is 1. The Morgan fingerprint density at radius 2 is 2.00 bits per heavy atom. The van der Waals surface area contributed by atoms with Crippen molar-refractivity contribution in [2.24, 2.45) is 5.14 Å². The molecule has 1 unspecified atom stereocenters. The third-order valence-corrected chi connectivity index (χ3v) is 4.97. The zero-order chi connectivity index (χ0) is 17.3. The van der Waals surface area contributed by atoms with Gasteiger partial charge in [-0.2, -0.15) is 0 Å².